The molecule has 172 valence electrons. The summed E-state index contributed by atoms with van der Waals surface area (Å²) in [5, 5.41) is 2.30. The van der Waals surface area contributed by atoms with E-state index >= 15 is 0 Å². The van der Waals surface area contributed by atoms with E-state index in [1.807, 2.05) is 16.8 Å². The highest BCUT2D eigenvalue weighted by atomic mass is 19.4. The van der Waals surface area contributed by atoms with Crippen molar-refractivity contribution >= 4 is 29.2 Å². The van der Waals surface area contributed by atoms with Gasteiger partial charge in [0.2, 0.25) is 5.91 Å². The van der Waals surface area contributed by atoms with Gasteiger partial charge in [0.15, 0.2) is 5.41 Å². The van der Waals surface area contributed by atoms with Crippen molar-refractivity contribution < 1.29 is 27.6 Å². The van der Waals surface area contributed by atoms with E-state index in [0.29, 0.717) is 25.3 Å². The molecule has 2 aromatic carbocycles. The molecule has 3 heterocycles. The zero-order valence-electron chi connectivity index (χ0n) is 17.7. The Hall–Kier alpha value is -3.40. The molecule has 4 amide bonds. The second kappa shape index (κ2) is 7.31. The van der Waals surface area contributed by atoms with Crippen LogP contribution in [-0.2, 0) is 22.2 Å². The number of imide groups is 2. The normalized spacial score (nSPS) is 25.7. The summed E-state index contributed by atoms with van der Waals surface area (Å²) in [6, 6.07) is 10.1. The number of amides is 4. The lowest BCUT2D eigenvalue weighted by Crippen LogP contribution is -2.75. The second-order valence-electron chi connectivity index (χ2n) is 8.70. The molecule has 0 aromatic heterocycles. The molecular formula is C23H21F3N4O3. The first-order valence-electron chi connectivity index (χ1n) is 10.5. The first-order chi connectivity index (χ1) is 15.6. The van der Waals surface area contributed by atoms with Crippen molar-refractivity contribution in [2.24, 2.45) is 5.41 Å². The summed E-state index contributed by atoms with van der Waals surface area (Å²) < 4.78 is 40.3. The van der Waals surface area contributed by atoms with E-state index in [1.165, 1.54) is 6.07 Å². The Morgan fingerprint density at radius 1 is 1.03 bits per heavy atom. The summed E-state index contributed by atoms with van der Waals surface area (Å²) in [7, 11) is 1.86. The molecule has 33 heavy (non-hydrogen) atoms. The summed E-state index contributed by atoms with van der Waals surface area (Å²) in [6.07, 6.45) is -4.80. The van der Waals surface area contributed by atoms with Crippen LogP contribution < -0.4 is 15.1 Å². The molecule has 0 saturated carbocycles. The maximum atomic E-state index is 14.0. The monoisotopic (exact) mass is 458 g/mol. The SMILES string of the molecule is CN1CCN2c3ccc(C(F)(F)F)cc3C[C@@]3(C(=O)NC(=O)N(c4ccccc4)C3=O)[C@H]2C1. The Morgan fingerprint density at radius 2 is 1.76 bits per heavy atom. The molecule has 0 radical (unpaired) electrons. The Kier molecular flexibility index (Phi) is 4.75. The summed E-state index contributed by atoms with van der Waals surface area (Å²) >= 11 is 0. The van der Waals surface area contributed by atoms with Crippen molar-refractivity contribution in [1.29, 1.82) is 0 Å². The van der Waals surface area contributed by atoms with Crippen LogP contribution in [0.1, 0.15) is 11.1 Å². The number of carbonyl (C=O) groups excluding carboxylic acids is 3. The Morgan fingerprint density at radius 3 is 2.45 bits per heavy atom. The number of urea groups is 1. The number of nitrogens with one attached hydrogen (secondary N) is 1. The van der Waals surface area contributed by atoms with Gasteiger partial charge in [-0.2, -0.15) is 13.2 Å². The summed E-state index contributed by atoms with van der Waals surface area (Å²) in [4.78, 5) is 44.8. The third-order valence-electron chi connectivity index (χ3n) is 6.77. The molecule has 0 unspecified atom stereocenters. The van der Waals surface area contributed by atoms with Crippen molar-refractivity contribution in [3.8, 4) is 0 Å². The zero-order valence-corrected chi connectivity index (χ0v) is 17.7. The van der Waals surface area contributed by atoms with Crippen LogP contribution in [0.25, 0.3) is 0 Å². The van der Waals surface area contributed by atoms with Crippen molar-refractivity contribution in [3.05, 3.63) is 59.7 Å². The fourth-order valence-corrected chi connectivity index (χ4v) is 5.15. The van der Waals surface area contributed by atoms with Crippen molar-refractivity contribution in [2.45, 2.75) is 18.6 Å². The molecule has 3 aliphatic heterocycles. The van der Waals surface area contributed by atoms with Crippen molar-refractivity contribution in [3.63, 3.8) is 0 Å². The number of fused-ring (bicyclic) bond motifs is 4. The number of halogens is 3. The summed E-state index contributed by atoms with van der Waals surface area (Å²) in [5.41, 5.74) is -1.47. The Balaban J connectivity index is 1.68. The van der Waals surface area contributed by atoms with E-state index in [9.17, 15) is 27.6 Å². The van der Waals surface area contributed by atoms with Gasteiger partial charge in [-0.1, -0.05) is 18.2 Å². The minimum absolute atomic E-state index is 0.234. The van der Waals surface area contributed by atoms with Crippen LogP contribution in [0, 0.1) is 5.41 Å². The third kappa shape index (κ3) is 3.19. The number of benzene rings is 2. The number of piperazine rings is 1. The molecule has 1 N–H and O–H groups in total. The average Bonchev–Trinajstić information content (AvgIpc) is 2.77. The summed E-state index contributed by atoms with van der Waals surface area (Å²) in [6.45, 7) is 1.39. The standard InChI is InChI=1S/C23H21F3N4O3/c1-28-9-10-29-17-8-7-15(23(24,25)26)11-14(17)12-22(18(29)13-28)19(31)27-21(33)30(20(22)32)16-5-3-2-4-6-16/h2-8,11,18H,9-10,12-13H2,1H3,(H,27,31,33)/t18-,22+/m1/s1. The van der Waals surface area contributed by atoms with Crippen molar-refractivity contribution in [2.75, 3.05) is 36.5 Å². The fourth-order valence-electron chi connectivity index (χ4n) is 5.15. The van der Waals surface area contributed by atoms with Gasteiger partial charge in [-0.05, 0) is 49.4 Å². The van der Waals surface area contributed by atoms with E-state index in [2.05, 4.69) is 5.32 Å². The molecular weight excluding hydrogens is 437 g/mol. The molecule has 0 bridgehead atoms. The molecule has 7 nitrogen and oxygen atoms in total. The molecule has 2 atom stereocenters. The molecule has 0 aliphatic carbocycles. The number of para-hydroxylation sites is 1. The minimum Gasteiger partial charge on any atom is -0.364 e. The molecule has 2 fully saturated rings. The number of rotatable bonds is 1. The first kappa shape index (κ1) is 21.4. The first-order valence-corrected chi connectivity index (χ1v) is 10.5. The number of alkyl halides is 3. The van der Waals surface area contributed by atoms with Gasteiger partial charge in [0, 0.05) is 25.3 Å². The van der Waals surface area contributed by atoms with E-state index in [1.54, 1.807) is 30.3 Å². The lowest BCUT2D eigenvalue weighted by atomic mass is 9.67. The fraction of sp³-hybridized carbons (Fsp3) is 0.348. The quantitative estimate of drug-likeness (QED) is 0.666. The number of anilines is 2. The smallest absolute Gasteiger partial charge is 0.364 e. The third-order valence-corrected chi connectivity index (χ3v) is 6.77. The lowest BCUT2D eigenvalue weighted by Gasteiger charge is -2.55. The molecule has 10 heteroatoms. The Bertz CT molecular complexity index is 1150. The van der Waals surface area contributed by atoms with E-state index in [4.69, 9.17) is 0 Å². The van der Waals surface area contributed by atoms with Crippen LogP contribution in [0.4, 0.5) is 29.3 Å². The molecule has 2 saturated heterocycles. The Labute approximate surface area is 187 Å². The van der Waals surface area contributed by atoms with Crippen molar-refractivity contribution in [1.82, 2.24) is 10.2 Å². The average molecular weight is 458 g/mol. The van der Waals surface area contributed by atoms with Gasteiger partial charge >= 0.3 is 12.2 Å². The maximum Gasteiger partial charge on any atom is 0.416 e. The highest BCUT2D eigenvalue weighted by molar-refractivity contribution is 6.30. The highest BCUT2D eigenvalue weighted by Gasteiger charge is 2.63. The maximum absolute atomic E-state index is 14.0. The highest BCUT2D eigenvalue weighted by Crippen LogP contribution is 2.47. The van der Waals surface area contributed by atoms with Crippen LogP contribution in [0.3, 0.4) is 0 Å². The second-order valence-corrected chi connectivity index (χ2v) is 8.70. The van der Waals surface area contributed by atoms with Crippen LogP contribution in [0.15, 0.2) is 48.5 Å². The number of nitrogens with zero attached hydrogens (tertiary/aromatic N) is 3. The van der Waals surface area contributed by atoms with E-state index in [0.717, 1.165) is 17.0 Å². The number of barbiturate groups is 1. The largest absolute Gasteiger partial charge is 0.416 e. The number of carbonyl (C=O) groups is 3. The molecule has 1 spiro atoms. The predicted molar refractivity (Wildman–Crippen MR) is 114 cm³/mol. The predicted octanol–water partition coefficient (Wildman–Crippen LogP) is 2.65. The van der Waals surface area contributed by atoms with Gasteiger partial charge in [0.25, 0.3) is 5.91 Å². The minimum atomic E-state index is -4.56. The van der Waals surface area contributed by atoms with Gasteiger partial charge in [-0.15, -0.1) is 0 Å². The van der Waals surface area contributed by atoms with Crippen LogP contribution >= 0.6 is 0 Å². The van der Waals surface area contributed by atoms with E-state index in [-0.39, 0.29) is 17.7 Å². The van der Waals surface area contributed by atoms with Gasteiger partial charge in [-0.3, -0.25) is 14.9 Å². The summed E-state index contributed by atoms with van der Waals surface area (Å²) in [5.74, 6) is -1.51. The lowest BCUT2D eigenvalue weighted by molar-refractivity contribution is -0.145. The van der Waals surface area contributed by atoms with Crippen LogP contribution in [0.2, 0.25) is 0 Å². The molecule has 3 aliphatic rings. The van der Waals surface area contributed by atoms with Crippen LogP contribution in [0.5, 0.6) is 0 Å². The van der Waals surface area contributed by atoms with Gasteiger partial charge in [-0.25, -0.2) is 9.69 Å². The number of hydrogen-bond donors (Lipinski definition) is 1. The molecule has 5 rings (SSSR count). The zero-order chi connectivity index (χ0) is 23.5. The van der Waals surface area contributed by atoms with Gasteiger partial charge in [0.1, 0.15) is 0 Å². The van der Waals surface area contributed by atoms with Gasteiger partial charge in [0.05, 0.1) is 17.3 Å². The van der Waals surface area contributed by atoms with Gasteiger partial charge < -0.3 is 9.80 Å². The topological polar surface area (TPSA) is 73.0 Å². The number of likely N-dealkylation sites (N-methyl/N-ethyl adjacent to an activating group) is 1. The number of hydrogen-bond acceptors (Lipinski definition) is 5. The van der Waals surface area contributed by atoms with Crippen LogP contribution in [-0.4, -0.2) is 55.5 Å². The molecule has 2 aromatic rings. The van der Waals surface area contributed by atoms with E-state index < -0.39 is 41.0 Å².